The molecular weight excluding hydrogens is 344 g/mol. The molecule has 1 unspecified atom stereocenters. The van der Waals surface area contributed by atoms with Crippen LogP contribution in [0.25, 0.3) is 0 Å². The quantitative estimate of drug-likeness (QED) is 0.851. The first-order chi connectivity index (χ1) is 12.6. The average molecular weight is 374 g/mol. The van der Waals surface area contributed by atoms with Crippen molar-refractivity contribution in [1.82, 2.24) is 10.6 Å². The lowest BCUT2D eigenvalue weighted by Gasteiger charge is -2.22. The van der Waals surface area contributed by atoms with Gasteiger partial charge in [0.1, 0.15) is 11.4 Å². The van der Waals surface area contributed by atoms with Gasteiger partial charge in [0.2, 0.25) is 11.8 Å². The van der Waals surface area contributed by atoms with Gasteiger partial charge in [-0.05, 0) is 58.2 Å². The summed E-state index contributed by atoms with van der Waals surface area (Å²) in [4.78, 5) is 36.7. The third kappa shape index (κ3) is 7.04. The van der Waals surface area contributed by atoms with E-state index >= 15 is 0 Å². The van der Waals surface area contributed by atoms with Crippen LogP contribution in [0, 0.1) is 5.92 Å². The third-order valence-corrected chi connectivity index (χ3v) is 4.39. The molecule has 148 valence electrons. The molecule has 6 nitrogen and oxygen atoms in total. The van der Waals surface area contributed by atoms with Crippen LogP contribution in [0.1, 0.15) is 52.5 Å². The fourth-order valence-corrected chi connectivity index (χ4v) is 3.01. The van der Waals surface area contributed by atoms with Gasteiger partial charge in [0, 0.05) is 25.3 Å². The Labute approximate surface area is 161 Å². The van der Waals surface area contributed by atoms with Gasteiger partial charge in [-0.25, -0.2) is 0 Å². The third-order valence-electron chi connectivity index (χ3n) is 4.39. The van der Waals surface area contributed by atoms with E-state index in [9.17, 15) is 14.4 Å². The van der Waals surface area contributed by atoms with Crippen LogP contribution < -0.4 is 15.4 Å². The highest BCUT2D eigenvalue weighted by Gasteiger charge is 2.26. The monoisotopic (exact) mass is 374 g/mol. The number of benzene rings is 1. The summed E-state index contributed by atoms with van der Waals surface area (Å²) in [6, 6.07) is 7.04. The number of carbonyl (C=O) groups is 3. The number of hydrogen-bond acceptors (Lipinski definition) is 4. The molecular formula is C21H30N2O4. The van der Waals surface area contributed by atoms with Gasteiger partial charge in [0.15, 0.2) is 5.78 Å². The molecule has 1 fully saturated rings. The molecule has 2 atom stereocenters. The molecule has 2 rings (SSSR count). The lowest BCUT2D eigenvalue weighted by Crippen LogP contribution is -2.40. The van der Waals surface area contributed by atoms with Crippen LogP contribution in [-0.2, 0) is 20.8 Å². The first-order valence-electron chi connectivity index (χ1n) is 9.52. The zero-order valence-corrected chi connectivity index (χ0v) is 16.6. The number of Topliss-reactive ketones (excluding diaryl/α,β-unsaturated/α-hetero) is 1. The minimum Gasteiger partial charge on any atom is -0.488 e. The molecule has 0 aromatic heterocycles. The predicted octanol–water partition coefficient (Wildman–Crippen LogP) is 2.40. The van der Waals surface area contributed by atoms with E-state index in [1.165, 1.54) is 0 Å². The Hall–Kier alpha value is -2.37. The molecule has 27 heavy (non-hydrogen) atoms. The molecule has 1 heterocycles. The van der Waals surface area contributed by atoms with Crippen molar-refractivity contribution in [3.8, 4) is 5.75 Å². The molecule has 0 radical (unpaired) electrons. The van der Waals surface area contributed by atoms with Gasteiger partial charge >= 0.3 is 0 Å². The van der Waals surface area contributed by atoms with Crippen LogP contribution in [0.4, 0.5) is 0 Å². The van der Waals surface area contributed by atoms with E-state index in [0.29, 0.717) is 25.8 Å². The number of ether oxygens (including phenoxy) is 1. The molecule has 1 aliphatic heterocycles. The second kappa shape index (κ2) is 9.02. The Morgan fingerprint density at radius 1 is 1.11 bits per heavy atom. The van der Waals surface area contributed by atoms with E-state index in [4.69, 9.17) is 4.74 Å². The first-order valence-corrected chi connectivity index (χ1v) is 9.52. The van der Waals surface area contributed by atoms with Crippen LogP contribution >= 0.6 is 0 Å². The molecule has 0 saturated carbocycles. The lowest BCUT2D eigenvalue weighted by molar-refractivity contribution is -0.130. The molecule has 0 bridgehead atoms. The normalized spacial score (nSPS) is 22.4. The van der Waals surface area contributed by atoms with E-state index < -0.39 is 12.0 Å². The SMILES string of the molecule is C[C@@H]1NC(=O)CCCNC(=O)C(Cc2ccc(OC(C)(C)C)cc2)CC1=O. The van der Waals surface area contributed by atoms with Crippen LogP contribution in [0.3, 0.4) is 0 Å². The fourth-order valence-electron chi connectivity index (χ4n) is 3.01. The number of carbonyl (C=O) groups excluding carboxylic acids is 3. The first kappa shape index (κ1) is 20.9. The highest BCUT2D eigenvalue weighted by atomic mass is 16.5. The van der Waals surface area contributed by atoms with E-state index in [2.05, 4.69) is 10.6 Å². The van der Waals surface area contributed by atoms with E-state index in [1.807, 2.05) is 45.0 Å². The lowest BCUT2D eigenvalue weighted by atomic mass is 9.91. The maximum atomic E-state index is 12.5. The van der Waals surface area contributed by atoms with Crippen LogP contribution in [0.5, 0.6) is 5.75 Å². The van der Waals surface area contributed by atoms with Gasteiger partial charge in [-0.15, -0.1) is 0 Å². The van der Waals surface area contributed by atoms with E-state index in [0.717, 1.165) is 11.3 Å². The number of amides is 2. The summed E-state index contributed by atoms with van der Waals surface area (Å²) in [6.45, 7) is 8.06. The van der Waals surface area contributed by atoms with Crippen molar-refractivity contribution in [2.75, 3.05) is 6.54 Å². The van der Waals surface area contributed by atoms with Crippen molar-refractivity contribution in [3.63, 3.8) is 0 Å². The second-order valence-corrected chi connectivity index (χ2v) is 8.11. The predicted molar refractivity (Wildman–Crippen MR) is 103 cm³/mol. The number of rotatable bonds is 3. The van der Waals surface area contributed by atoms with Gasteiger partial charge in [0.05, 0.1) is 6.04 Å². The van der Waals surface area contributed by atoms with Crippen LogP contribution in [-0.4, -0.2) is 35.8 Å². The molecule has 1 saturated heterocycles. The highest BCUT2D eigenvalue weighted by molar-refractivity contribution is 5.92. The molecule has 2 N–H and O–H groups in total. The molecule has 0 aliphatic carbocycles. The van der Waals surface area contributed by atoms with Gasteiger partial charge in [0.25, 0.3) is 0 Å². The summed E-state index contributed by atoms with van der Waals surface area (Å²) >= 11 is 0. The largest absolute Gasteiger partial charge is 0.488 e. The summed E-state index contributed by atoms with van der Waals surface area (Å²) < 4.78 is 5.82. The molecule has 1 aromatic carbocycles. The van der Waals surface area contributed by atoms with Gasteiger partial charge in [-0.2, -0.15) is 0 Å². The van der Waals surface area contributed by atoms with Crippen molar-refractivity contribution >= 4 is 17.6 Å². The fraction of sp³-hybridized carbons (Fsp3) is 0.571. The molecule has 6 heteroatoms. The summed E-state index contributed by atoms with van der Waals surface area (Å²) in [6.07, 6.45) is 1.43. The molecule has 0 spiro atoms. The summed E-state index contributed by atoms with van der Waals surface area (Å²) in [7, 11) is 0. The van der Waals surface area contributed by atoms with E-state index in [1.54, 1.807) is 6.92 Å². The Kier molecular flexibility index (Phi) is 6.99. The summed E-state index contributed by atoms with van der Waals surface area (Å²) in [5, 5.41) is 5.56. The van der Waals surface area contributed by atoms with Crippen molar-refractivity contribution in [2.45, 2.75) is 65.0 Å². The maximum absolute atomic E-state index is 12.5. The topological polar surface area (TPSA) is 84.5 Å². The number of nitrogens with one attached hydrogen (secondary N) is 2. The van der Waals surface area contributed by atoms with Crippen molar-refractivity contribution in [3.05, 3.63) is 29.8 Å². The molecule has 1 aromatic rings. The minimum atomic E-state index is -0.575. The van der Waals surface area contributed by atoms with Gasteiger partial charge < -0.3 is 15.4 Å². The Morgan fingerprint density at radius 2 is 1.78 bits per heavy atom. The standard InChI is InChI=1S/C21H30N2O4/c1-14-18(24)13-16(20(26)22-11-5-6-19(25)23-14)12-15-7-9-17(10-8-15)27-21(2,3)4/h7-10,14,16H,5-6,11-13H2,1-4H3,(H,22,26)(H,23,25)/t14-,16?/m0/s1. The zero-order chi connectivity index (χ0) is 20.0. The smallest absolute Gasteiger partial charge is 0.223 e. The van der Waals surface area contributed by atoms with Gasteiger partial charge in [-0.3, -0.25) is 14.4 Å². The van der Waals surface area contributed by atoms with Crippen molar-refractivity contribution in [1.29, 1.82) is 0 Å². The summed E-state index contributed by atoms with van der Waals surface area (Å²) in [5.74, 6) is -0.106. The van der Waals surface area contributed by atoms with E-state index in [-0.39, 0.29) is 29.6 Å². The van der Waals surface area contributed by atoms with Crippen molar-refractivity contribution < 1.29 is 19.1 Å². The maximum Gasteiger partial charge on any atom is 0.223 e. The van der Waals surface area contributed by atoms with Crippen molar-refractivity contribution in [2.24, 2.45) is 5.92 Å². The number of ketones is 1. The van der Waals surface area contributed by atoms with Gasteiger partial charge in [-0.1, -0.05) is 12.1 Å². The molecule has 2 amide bonds. The minimum absolute atomic E-state index is 0.105. The summed E-state index contributed by atoms with van der Waals surface area (Å²) in [5.41, 5.74) is 0.694. The molecule has 1 aliphatic rings. The van der Waals surface area contributed by atoms with Crippen LogP contribution in [0.15, 0.2) is 24.3 Å². The average Bonchev–Trinajstić information content (AvgIpc) is 2.59. The Balaban J connectivity index is 2.09. The second-order valence-electron chi connectivity index (χ2n) is 8.11. The Morgan fingerprint density at radius 3 is 2.41 bits per heavy atom. The van der Waals surface area contributed by atoms with Crippen LogP contribution in [0.2, 0.25) is 0 Å². The number of hydrogen-bond donors (Lipinski definition) is 2. The Bertz CT molecular complexity index is 676. The highest BCUT2D eigenvalue weighted by Crippen LogP contribution is 2.21. The zero-order valence-electron chi connectivity index (χ0n) is 16.6.